The summed E-state index contributed by atoms with van der Waals surface area (Å²) in [5.74, 6) is 0.495. The molecule has 0 saturated heterocycles. The highest BCUT2D eigenvalue weighted by Crippen LogP contribution is 2.37. The lowest BCUT2D eigenvalue weighted by atomic mass is 10.3. The maximum atomic E-state index is 12.1. The fourth-order valence-corrected chi connectivity index (χ4v) is 2.69. The Morgan fingerprint density at radius 1 is 1.30 bits per heavy atom. The van der Waals surface area contributed by atoms with Gasteiger partial charge in [-0.3, -0.25) is 19.8 Å². The lowest BCUT2D eigenvalue weighted by molar-refractivity contribution is -0.385. The van der Waals surface area contributed by atoms with Crippen LogP contribution in [0.3, 0.4) is 0 Å². The molecule has 0 radical (unpaired) electrons. The van der Waals surface area contributed by atoms with Crippen LogP contribution in [0.1, 0.15) is 0 Å². The summed E-state index contributed by atoms with van der Waals surface area (Å²) in [4.78, 5) is 31.8. The van der Waals surface area contributed by atoms with E-state index in [1.54, 1.807) is 18.3 Å². The van der Waals surface area contributed by atoms with Crippen molar-refractivity contribution in [3.63, 3.8) is 0 Å². The molecule has 2 aromatic heterocycles. The van der Waals surface area contributed by atoms with Crippen molar-refractivity contribution in [2.24, 2.45) is 0 Å². The second-order valence-electron chi connectivity index (χ2n) is 3.98. The minimum atomic E-state index is -0.528. The van der Waals surface area contributed by atoms with E-state index in [0.29, 0.717) is 11.5 Å². The van der Waals surface area contributed by atoms with E-state index in [0.717, 1.165) is 11.2 Å². The first-order chi connectivity index (χ1) is 9.66. The molecule has 2 aromatic rings. The van der Waals surface area contributed by atoms with Gasteiger partial charge in [0.15, 0.2) is 0 Å². The van der Waals surface area contributed by atoms with Crippen molar-refractivity contribution in [2.45, 2.75) is 5.03 Å². The third kappa shape index (κ3) is 2.10. The first-order valence-electron chi connectivity index (χ1n) is 5.68. The van der Waals surface area contributed by atoms with Gasteiger partial charge in [0.05, 0.1) is 16.4 Å². The highest BCUT2D eigenvalue weighted by Gasteiger charge is 2.27. The summed E-state index contributed by atoms with van der Waals surface area (Å²) in [6.07, 6.45) is 2.80. The van der Waals surface area contributed by atoms with Crippen molar-refractivity contribution < 1.29 is 9.72 Å². The summed E-state index contributed by atoms with van der Waals surface area (Å²) in [5, 5.41) is 11.4. The Morgan fingerprint density at radius 2 is 2.15 bits per heavy atom. The molecule has 3 rings (SSSR count). The fraction of sp³-hybridized carbons (Fsp3) is 0.0833. The second kappa shape index (κ2) is 4.89. The van der Waals surface area contributed by atoms with E-state index in [1.807, 2.05) is 0 Å². The number of nitro groups is 1. The Hall–Kier alpha value is -2.48. The molecule has 0 unspecified atom stereocenters. The third-order valence-electron chi connectivity index (χ3n) is 2.75. The largest absolute Gasteiger partial charge is 0.287 e. The van der Waals surface area contributed by atoms with E-state index in [9.17, 15) is 14.9 Å². The molecule has 8 heteroatoms. The molecule has 0 spiro atoms. The van der Waals surface area contributed by atoms with Crippen LogP contribution >= 0.6 is 11.8 Å². The molecule has 3 heterocycles. The van der Waals surface area contributed by atoms with E-state index >= 15 is 0 Å². The number of hydrogen-bond donors (Lipinski definition) is 0. The smallest absolute Gasteiger partial charge is 0.273 e. The zero-order valence-corrected chi connectivity index (χ0v) is 10.9. The van der Waals surface area contributed by atoms with Crippen molar-refractivity contribution in [3.8, 4) is 0 Å². The number of thioether (sulfide) groups is 1. The standard InChI is InChI=1S/C12H8N4O3S/c17-11-7-20-12-9(2-1-5-13-12)15(11)10-4-3-8(6-14-10)16(18)19/h1-6H,7H2. The maximum Gasteiger partial charge on any atom is 0.287 e. The van der Waals surface area contributed by atoms with Gasteiger partial charge in [-0.05, 0) is 18.2 Å². The lowest BCUT2D eigenvalue weighted by Crippen LogP contribution is -2.31. The van der Waals surface area contributed by atoms with Gasteiger partial charge in [0.25, 0.3) is 5.69 Å². The molecule has 0 bridgehead atoms. The Morgan fingerprint density at radius 3 is 2.85 bits per heavy atom. The van der Waals surface area contributed by atoms with Crippen LogP contribution in [0.5, 0.6) is 0 Å². The molecular formula is C12H8N4O3S. The molecule has 0 N–H and O–H groups in total. The average Bonchev–Trinajstić information content (AvgIpc) is 2.47. The molecule has 7 nitrogen and oxygen atoms in total. The Kier molecular flexibility index (Phi) is 3.07. The summed E-state index contributed by atoms with van der Waals surface area (Å²) in [6.45, 7) is 0. The van der Waals surface area contributed by atoms with Crippen LogP contribution in [0.25, 0.3) is 0 Å². The van der Waals surface area contributed by atoms with Crippen molar-refractivity contribution in [1.29, 1.82) is 0 Å². The van der Waals surface area contributed by atoms with E-state index < -0.39 is 4.92 Å². The van der Waals surface area contributed by atoms with Crippen LogP contribution in [-0.2, 0) is 4.79 Å². The number of rotatable bonds is 2. The van der Waals surface area contributed by atoms with E-state index in [4.69, 9.17) is 0 Å². The van der Waals surface area contributed by atoms with E-state index in [-0.39, 0.29) is 17.3 Å². The number of carbonyl (C=O) groups is 1. The average molecular weight is 288 g/mol. The van der Waals surface area contributed by atoms with Crippen LogP contribution in [-0.4, -0.2) is 26.6 Å². The normalized spacial score (nSPS) is 14.0. The van der Waals surface area contributed by atoms with E-state index in [2.05, 4.69) is 9.97 Å². The van der Waals surface area contributed by atoms with E-state index in [1.165, 1.54) is 28.8 Å². The predicted octanol–water partition coefficient (Wildman–Crippen LogP) is 2.16. The minimum absolute atomic E-state index is 0.112. The molecule has 1 amide bonds. The zero-order valence-electron chi connectivity index (χ0n) is 10.1. The monoisotopic (exact) mass is 288 g/mol. The van der Waals surface area contributed by atoms with Crippen LogP contribution in [0.4, 0.5) is 17.2 Å². The van der Waals surface area contributed by atoms with Crippen molar-refractivity contribution >= 4 is 34.9 Å². The highest BCUT2D eigenvalue weighted by molar-refractivity contribution is 8.00. The van der Waals surface area contributed by atoms with Crippen LogP contribution < -0.4 is 4.90 Å². The minimum Gasteiger partial charge on any atom is -0.273 e. The summed E-state index contributed by atoms with van der Waals surface area (Å²) >= 11 is 1.36. The molecule has 0 saturated carbocycles. The van der Waals surface area contributed by atoms with Gasteiger partial charge < -0.3 is 0 Å². The number of nitrogens with zero attached hydrogens (tertiary/aromatic N) is 4. The molecular weight excluding hydrogens is 280 g/mol. The Bertz CT molecular complexity index is 689. The third-order valence-corrected chi connectivity index (χ3v) is 3.73. The molecule has 100 valence electrons. The second-order valence-corrected chi connectivity index (χ2v) is 4.94. The summed E-state index contributed by atoms with van der Waals surface area (Å²) in [6, 6.07) is 6.29. The number of amides is 1. The molecule has 0 fully saturated rings. The van der Waals surface area contributed by atoms with Gasteiger partial charge in [-0.25, -0.2) is 9.97 Å². The quantitative estimate of drug-likeness (QED) is 0.621. The van der Waals surface area contributed by atoms with Gasteiger partial charge in [0.1, 0.15) is 17.0 Å². The Labute approximate surface area is 117 Å². The van der Waals surface area contributed by atoms with Gasteiger partial charge in [-0.2, -0.15) is 0 Å². The molecule has 0 aromatic carbocycles. The highest BCUT2D eigenvalue weighted by atomic mass is 32.2. The van der Waals surface area contributed by atoms with Gasteiger partial charge in [0, 0.05) is 12.3 Å². The number of anilines is 2. The number of fused-ring (bicyclic) bond motifs is 1. The predicted molar refractivity (Wildman–Crippen MR) is 73.0 cm³/mol. The topological polar surface area (TPSA) is 89.2 Å². The van der Waals surface area contributed by atoms with Crippen molar-refractivity contribution in [2.75, 3.05) is 10.7 Å². The molecule has 1 aliphatic heterocycles. The van der Waals surface area contributed by atoms with Gasteiger partial charge >= 0.3 is 0 Å². The zero-order chi connectivity index (χ0) is 14.1. The molecule has 1 aliphatic rings. The molecule has 0 atom stereocenters. The summed E-state index contributed by atoms with van der Waals surface area (Å²) in [7, 11) is 0. The van der Waals surface area contributed by atoms with Crippen LogP contribution in [0.15, 0.2) is 41.7 Å². The summed E-state index contributed by atoms with van der Waals surface area (Å²) < 4.78 is 0. The van der Waals surface area contributed by atoms with Gasteiger partial charge in [-0.1, -0.05) is 11.8 Å². The van der Waals surface area contributed by atoms with Crippen molar-refractivity contribution in [3.05, 3.63) is 46.8 Å². The lowest BCUT2D eigenvalue weighted by Gasteiger charge is -2.26. The number of aromatic nitrogens is 2. The first kappa shape index (κ1) is 12.5. The summed E-state index contributed by atoms with van der Waals surface area (Å²) in [5.41, 5.74) is 0.536. The number of hydrogen-bond acceptors (Lipinski definition) is 6. The van der Waals surface area contributed by atoms with Crippen molar-refractivity contribution in [1.82, 2.24) is 9.97 Å². The molecule has 20 heavy (non-hydrogen) atoms. The van der Waals surface area contributed by atoms with Gasteiger partial charge in [0.2, 0.25) is 5.91 Å². The SMILES string of the molecule is O=C1CSc2ncccc2N1c1ccc([N+](=O)[O-])cn1. The molecule has 0 aliphatic carbocycles. The van der Waals surface area contributed by atoms with Gasteiger partial charge in [-0.15, -0.1) is 0 Å². The number of pyridine rings is 2. The van der Waals surface area contributed by atoms with Crippen LogP contribution in [0.2, 0.25) is 0 Å². The maximum absolute atomic E-state index is 12.1. The fourth-order valence-electron chi connectivity index (χ4n) is 1.86. The number of carbonyl (C=O) groups excluding carboxylic acids is 1. The van der Waals surface area contributed by atoms with Crippen LogP contribution in [0, 0.1) is 10.1 Å². The Balaban J connectivity index is 2.04. The first-order valence-corrected chi connectivity index (χ1v) is 6.66.